The zero-order valence-corrected chi connectivity index (χ0v) is 16.8. The monoisotopic (exact) mass is 342 g/mol. The molecule has 3 atom stereocenters. The van der Waals surface area contributed by atoms with E-state index in [0.29, 0.717) is 0 Å². The van der Waals surface area contributed by atoms with Gasteiger partial charge in [0.1, 0.15) is 0 Å². The maximum absolute atomic E-state index is 10.1. The number of hydrogen-bond acceptors (Lipinski definition) is 3. The summed E-state index contributed by atoms with van der Waals surface area (Å²) in [5.41, 5.74) is 5.58. The fraction of sp³-hybridized carbons (Fsp3) is 0.636. The molecule has 0 aromatic heterocycles. The Morgan fingerprint density at radius 1 is 0.960 bits per heavy atom. The summed E-state index contributed by atoms with van der Waals surface area (Å²) < 4.78 is 0. The summed E-state index contributed by atoms with van der Waals surface area (Å²) in [5.74, 6) is 0. The second-order valence-electron chi connectivity index (χ2n) is 9.00. The summed E-state index contributed by atoms with van der Waals surface area (Å²) in [7, 11) is 0. The number of rotatable bonds is 3. The van der Waals surface area contributed by atoms with Crippen LogP contribution in [0.1, 0.15) is 54.4 Å². The van der Waals surface area contributed by atoms with Crippen LogP contribution in [0, 0.1) is 0 Å². The van der Waals surface area contributed by atoms with Gasteiger partial charge in [-0.3, -0.25) is 9.80 Å². The highest BCUT2D eigenvalue weighted by Crippen LogP contribution is 2.39. The first-order chi connectivity index (χ1) is 11.6. The van der Waals surface area contributed by atoms with Gasteiger partial charge < -0.3 is 5.11 Å². The Morgan fingerprint density at radius 2 is 1.48 bits per heavy atom. The third-order valence-corrected chi connectivity index (χ3v) is 6.08. The molecule has 1 fully saturated rings. The molecule has 3 heteroatoms. The van der Waals surface area contributed by atoms with Crippen molar-refractivity contribution in [3.8, 4) is 0 Å². The van der Waals surface area contributed by atoms with Gasteiger partial charge in [0.15, 0.2) is 0 Å². The van der Waals surface area contributed by atoms with Crippen molar-refractivity contribution in [3.63, 3.8) is 0 Å². The third kappa shape index (κ3) is 3.55. The summed E-state index contributed by atoms with van der Waals surface area (Å²) in [4.78, 5) is 5.09. The van der Waals surface area contributed by atoms with Gasteiger partial charge in [0.05, 0.1) is 13.3 Å². The van der Waals surface area contributed by atoms with Crippen molar-refractivity contribution in [3.05, 3.63) is 46.6 Å². The number of nitrogens with zero attached hydrogens (tertiary/aromatic N) is 2. The Morgan fingerprint density at radius 3 is 2.00 bits per heavy atom. The second-order valence-corrected chi connectivity index (χ2v) is 9.00. The van der Waals surface area contributed by atoms with Crippen LogP contribution in [0.5, 0.6) is 0 Å². The van der Waals surface area contributed by atoms with E-state index in [9.17, 15) is 5.11 Å². The van der Waals surface area contributed by atoms with E-state index in [0.717, 1.165) is 26.1 Å². The topological polar surface area (TPSA) is 26.7 Å². The number of aliphatic hydroxyl groups excluding tert-OH is 1. The Labute approximate surface area is 153 Å². The second kappa shape index (κ2) is 6.53. The maximum Gasteiger partial charge on any atom is 0.0600 e. The minimum absolute atomic E-state index is 0.0142. The van der Waals surface area contributed by atoms with Crippen molar-refractivity contribution in [1.29, 1.82) is 0 Å². The van der Waals surface area contributed by atoms with Gasteiger partial charge in [-0.05, 0) is 54.4 Å². The van der Waals surface area contributed by atoms with E-state index >= 15 is 0 Å². The molecule has 25 heavy (non-hydrogen) atoms. The molecule has 3 aliphatic rings. The number of hydrogen-bond donors (Lipinski definition) is 1. The lowest BCUT2D eigenvalue weighted by Gasteiger charge is -2.43. The van der Waals surface area contributed by atoms with Crippen LogP contribution in [0.3, 0.4) is 0 Å². The zero-order chi connectivity index (χ0) is 18.4. The Kier molecular flexibility index (Phi) is 4.87. The average Bonchev–Trinajstić information content (AvgIpc) is 2.90. The smallest absolute Gasteiger partial charge is 0.0600 e. The highest BCUT2D eigenvalue weighted by Gasteiger charge is 2.46. The van der Waals surface area contributed by atoms with Crippen molar-refractivity contribution in [1.82, 2.24) is 9.80 Å². The zero-order valence-electron chi connectivity index (χ0n) is 16.8. The Balaban J connectivity index is 1.87. The molecule has 0 amide bonds. The van der Waals surface area contributed by atoms with Crippen molar-refractivity contribution in [2.45, 2.75) is 71.5 Å². The highest BCUT2D eigenvalue weighted by atomic mass is 16.3. The van der Waals surface area contributed by atoms with Gasteiger partial charge in [-0.25, -0.2) is 0 Å². The normalized spacial score (nSPS) is 37.5. The van der Waals surface area contributed by atoms with E-state index in [4.69, 9.17) is 0 Å². The van der Waals surface area contributed by atoms with Crippen molar-refractivity contribution >= 4 is 0 Å². The lowest BCUT2D eigenvalue weighted by atomic mass is 9.84. The molecule has 3 unspecified atom stereocenters. The first kappa shape index (κ1) is 18.6. The van der Waals surface area contributed by atoms with Crippen LogP contribution in [0.4, 0.5) is 0 Å². The summed E-state index contributed by atoms with van der Waals surface area (Å²) >= 11 is 0. The average molecular weight is 343 g/mol. The molecular weight excluding hydrogens is 308 g/mol. The van der Waals surface area contributed by atoms with Crippen molar-refractivity contribution < 1.29 is 5.11 Å². The van der Waals surface area contributed by atoms with Gasteiger partial charge in [-0.15, -0.1) is 0 Å². The molecule has 1 aliphatic heterocycles. The summed E-state index contributed by atoms with van der Waals surface area (Å²) in [5, 5.41) is 10.1. The van der Waals surface area contributed by atoms with E-state index in [1.54, 1.807) is 0 Å². The molecule has 1 N–H and O–H groups in total. The maximum atomic E-state index is 10.1. The van der Waals surface area contributed by atoms with Crippen LogP contribution in [0.25, 0.3) is 0 Å². The lowest BCUT2D eigenvalue weighted by molar-refractivity contribution is 0.0697. The van der Waals surface area contributed by atoms with Crippen molar-refractivity contribution in [2.24, 2.45) is 0 Å². The predicted octanol–water partition coefficient (Wildman–Crippen LogP) is 4.03. The molecule has 0 spiro atoms. The van der Waals surface area contributed by atoms with Crippen LogP contribution in [0.2, 0.25) is 0 Å². The fourth-order valence-corrected chi connectivity index (χ4v) is 5.38. The van der Waals surface area contributed by atoms with E-state index in [-0.39, 0.29) is 23.7 Å². The largest absolute Gasteiger partial charge is 0.395 e. The Hall–Kier alpha value is -1.16. The predicted molar refractivity (Wildman–Crippen MR) is 105 cm³/mol. The van der Waals surface area contributed by atoms with Gasteiger partial charge in [0.25, 0.3) is 0 Å². The molecule has 1 heterocycles. The van der Waals surface area contributed by atoms with Crippen molar-refractivity contribution in [2.75, 3.05) is 19.8 Å². The van der Waals surface area contributed by atoms with Gasteiger partial charge >= 0.3 is 0 Å². The van der Waals surface area contributed by atoms with Gasteiger partial charge in [-0.2, -0.15) is 0 Å². The lowest BCUT2D eigenvalue weighted by Crippen LogP contribution is -2.51. The number of allylic oxidation sites excluding steroid dienone is 4. The Bertz CT molecular complexity index is 672. The molecule has 0 bridgehead atoms. The van der Waals surface area contributed by atoms with E-state index in [1.807, 2.05) is 0 Å². The molecule has 0 saturated carbocycles. The molecular formula is C22H34N2O. The summed E-state index contributed by atoms with van der Waals surface area (Å²) in [6.07, 6.45) is 11.5. The highest BCUT2D eigenvalue weighted by molar-refractivity contribution is 5.34. The quantitative estimate of drug-likeness (QED) is 0.839. The van der Waals surface area contributed by atoms with Crippen LogP contribution < -0.4 is 0 Å². The van der Waals surface area contributed by atoms with Gasteiger partial charge in [-0.1, -0.05) is 46.6 Å². The minimum Gasteiger partial charge on any atom is -0.395 e. The molecule has 0 aromatic rings. The molecule has 0 aromatic carbocycles. The van der Waals surface area contributed by atoms with Crippen LogP contribution in [0.15, 0.2) is 46.6 Å². The first-order valence-corrected chi connectivity index (χ1v) is 9.51. The molecule has 138 valence electrons. The van der Waals surface area contributed by atoms with Gasteiger partial charge in [0, 0.05) is 23.7 Å². The summed E-state index contributed by atoms with van der Waals surface area (Å²) in [6.45, 7) is 15.6. The van der Waals surface area contributed by atoms with E-state index in [2.05, 4.69) is 75.6 Å². The molecule has 0 radical (unpaired) electrons. The van der Waals surface area contributed by atoms with Gasteiger partial charge in [0.2, 0.25) is 0 Å². The third-order valence-electron chi connectivity index (χ3n) is 6.08. The SMILES string of the molecule is CC1=CC(C)(N2CC(CO)N(C3(C)C=C(C)C=C(C)C3)C2)CC(C)=C1. The molecule has 2 aliphatic carbocycles. The molecule has 3 rings (SSSR count). The molecule has 3 nitrogen and oxygen atoms in total. The fourth-order valence-electron chi connectivity index (χ4n) is 5.38. The van der Waals surface area contributed by atoms with Crippen LogP contribution in [-0.4, -0.2) is 51.8 Å². The standard InChI is InChI=1S/C22H34N2O/c1-16-7-17(2)10-21(5,9-16)23-13-20(14-25)24(15-23)22(6)11-18(3)8-19(4)12-22/h7-9,11,20,25H,10,12-15H2,1-6H3. The first-order valence-electron chi connectivity index (χ1n) is 9.51. The van der Waals surface area contributed by atoms with E-state index in [1.165, 1.54) is 22.3 Å². The minimum atomic E-state index is -0.0142. The van der Waals surface area contributed by atoms with Crippen LogP contribution >= 0.6 is 0 Å². The van der Waals surface area contributed by atoms with Crippen LogP contribution in [-0.2, 0) is 0 Å². The summed E-state index contributed by atoms with van der Waals surface area (Å²) in [6, 6.07) is 0.191. The molecule has 1 saturated heterocycles. The van der Waals surface area contributed by atoms with E-state index < -0.39 is 0 Å². The number of aliphatic hydroxyl groups is 1.